The van der Waals surface area contributed by atoms with Crippen molar-refractivity contribution in [2.75, 3.05) is 20.3 Å². The first kappa shape index (κ1) is 11.3. The van der Waals surface area contributed by atoms with Gasteiger partial charge in [0.05, 0.1) is 13.7 Å². The molecule has 2 atom stereocenters. The molecule has 2 N–H and O–H groups in total. The Morgan fingerprint density at radius 3 is 2.81 bits per heavy atom. The normalized spacial score (nSPS) is 22.9. The van der Waals surface area contributed by atoms with Crippen LogP contribution in [-0.2, 0) is 0 Å². The molecule has 1 aromatic rings. The molecule has 0 unspecified atom stereocenters. The lowest BCUT2D eigenvalue weighted by Gasteiger charge is -2.13. The van der Waals surface area contributed by atoms with E-state index in [0.29, 0.717) is 18.4 Å². The smallest absolute Gasteiger partial charge is 0.164 e. The van der Waals surface area contributed by atoms with E-state index in [0.717, 1.165) is 18.0 Å². The third-order valence-corrected chi connectivity index (χ3v) is 3.14. The molecular weight excluding hydrogens is 202 g/mol. The number of hydrogen-bond donors (Lipinski definition) is 1. The molecule has 0 saturated heterocycles. The first-order valence-corrected chi connectivity index (χ1v) is 5.81. The summed E-state index contributed by atoms with van der Waals surface area (Å²) in [5, 5.41) is 0. The highest BCUT2D eigenvalue weighted by molar-refractivity contribution is 5.50. The number of ether oxygens (including phenoxy) is 2. The van der Waals surface area contributed by atoms with Crippen LogP contribution in [0.2, 0.25) is 0 Å². The highest BCUT2D eigenvalue weighted by Crippen LogP contribution is 2.51. The van der Waals surface area contributed by atoms with E-state index in [9.17, 15) is 0 Å². The van der Waals surface area contributed by atoms with Crippen molar-refractivity contribution in [1.29, 1.82) is 0 Å². The maximum absolute atomic E-state index is 5.68. The Kier molecular flexibility index (Phi) is 3.34. The van der Waals surface area contributed by atoms with Crippen LogP contribution in [0, 0.1) is 5.92 Å². The lowest BCUT2D eigenvalue weighted by Crippen LogP contribution is -2.03. The average molecular weight is 221 g/mol. The van der Waals surface area contributed by atoms with Crippen LogP contribution in [0.3, 0.4) is 0 Å². The van der Waals surface area contributed by atoms with Crippen molar-refractivity contribution in [2.45, 2.75) is 19.3 Å². The summed E-state index contributed by atoms with van der Waals surface area (Å²) in [6.07, 6.45) is 1.17. The van der Waals surface area contributed by atoms with Gasteiger partial charge in [-0.25, -0.2) is 0 Å². The minimum absolute atomic E-state index is 0.556. The minimum Gasteiger partial charge on any atom is -0.493 e. The van der Waals surface area contributed by atoms with Crippen molar-refractivity contribution in [1.82, 2.24) is 0 Å². The second-order valence-corrected chi connectivity index (χ2v) is 4.15. The zero-order valence-electron chi connectivity index (χ0n) is 9.90. The molecule has 1 aliphatic carbocycles. The summed E-state index contributed by atoms with van der Waals surface area (Å²) in [7, 11) is 1.70. The fraction of sp³-hybridized carbons (Fsp3) is 0.538. The molecule has 1 saturated carbocycles. The Hall–Kier alpha value is -1.22. The van der Waals surface area contributed by atoms with Crippen LogP contribution in [0.1, 0.15) is 24.8 Å². The molecular formula is C13H19NO2. The van der Waals surface area contributed by atoms with Crippen molar-refractivity contribution in [2.24, 2.45) is 11.7 Å². The SMILES string of the molecule is CCOc1cccc([C@@H]2C[C@H]2CN)c1OC. The number of para-hydroxylation sites is 1. The molecule has 3 nitrogen and oxygen atoms in total. The van der Waals surface area contributed by atoms with Gasteiger partial charge in [-0.05, 0) is 37.8 Å². The summed E-state index contributed by atoms with van der Waals surface area (Å²) in [4.78, 5) is 0. The Morgan fingerprint density at radius 2 is 2.25 bits per heavy atom. The first-order chi connectivity index (χ1) is 7.81. The van der Waals surface area contributed by atoms with Gasteiger partial charge in [-0.1, -0.05) is 12.1 Å². The summed E-state index contributed by atoms with van der Waals surface area (Å²) in [5.41, 5.74) is 6.92. The lowest BCUT2D eigenvalue weighted by molar-refractivity contribution is 0.309. The molecule has 1 fully saturated rings. The fourth-order valence-electron chi connectivity index (χ4n) is 2.20. The van der Waals surface area contributed by atoms with Crippen LogP contribution in [0.4, 0.5) is 0 Å². The fourth-order valence-corrected chi connectivity index (χ4v) is 2.20. The molecule has 1 aromatic carbocycles. The van der Waals surface area contributed by atoms with Crippen LogP contribution in [0.15, 0.2) is 18.2 Å². The average Bonchev–Trinajstić information content (AvgIpc) is 3.08. The zero-order valence-corrected chi connectivity index (χ0v) is 9.90. The molecule has 88 valence electrons. The van der Waals surface area contributed by atoms with Crippen LogP contribution in [-0.4, -0.2) is 20.3 Å². The van der Waals surface area contributed by atoms with Gasteiger partial charge in [0.25, 0.3) is 0 Å². The van der Waals surface area contributed by atoms with E-state index < -0.39 is 0 Å². The number of benzene rings is 1. The Morgan fingerprint density at radius 1 is 1.44 bits per heavy atom. The van der Waals surface area contributed by atoms with Crippen LogP contribution in [0.25, 0.3) is 0 Å². The Labute approximate surface area is 96.5 Å². The van der Waals surface area contributed by atoms with E-state index in [2.05, 4.69) is 6.07 Å². The summed E-state index contributed by atoms with van der Waals surface area (Å²) < 4.78 is 11.0. The summed E-state index contributed by atoms with van der Waals surface area (Å²) >= 11 is 0. The van der Waals surface area contributed by atoms with Gasteiger partial charge in [-0.15, -0.1) is 0 Å². The van der Waals surface area contributed by atoms with Gasteiger partial charge in [0.15, 0.2) is 11.5 Å². The Bertz CT molecular complexity index is 365. The van der Waals surface area contributed by atoms with Crippen molar-refractivity contribution < 1.29 is 9.47 Å². The van der Waals surface area contributed by atoms with E-state index in [4.69, 9.17) is 15.2 Å². The van der Waals surface area contributed by atoms with Crippen LogP contribution in [0.5, 0.6) is 11.5 Å². The van der Waals surface area contributed by atoms with E-state index in [1.165, 1.54) is 12.0 Å². The highest BCUT2D eigenvalue weighted by atomic mass is 16.5. The number of rotatable bonds is 5. The number of hydrogen-bond acceptors (Lipinski definition) is 3. The molecule has 0 heterocycles. The monoisotopic (exact) mass is 221 g/mol. The molecule has 0 spiro atoms. The molecule has 0 radical (unpaired) electrons. The molecule has 0 amide bonds. The second-order valence-electron chi connectivity index (χ2n) is 4.15. The third kappa shape index (κ3) is 2.00. The van der Waals surface area contributed by atoms with Crippen molar-refractivity contribution >= 4 is 0 Å². The predicted octanol–water partition coefficient (Wildman–Crippen LogP) is 2.16. The van der Waals surface area contributed by atoms with E-state index in [-0.39, 0.29) is 0 Å². The quantitative estimate of drug-likeness (QED) is 0.828. The first-order valence-electron chi connectivity index (χ1n) is 5.81. The number of nitrogens with two attached hydrogens (primary N) is 1. The topological polar surface area (TPSA) is 44.5 Å². The standard InChI is InChI=1S/C13H19NO2/c1-3-16-12-6-4-5-10(13(12)15-2)11-7-9(11)8-14/h4-6,9,11H,3,7-8,14H2,1-2H3/t9-,11+/m0/s1. The number of methoxy groups -OCH3 is 1. The van der Waals surface area contributed by atoms with Gasteiger partial charge >= 0.3 is 0 Å². The molecule has 0 bridgehead atoms. The largest absolute Gasteiger partial charge is 0.493 e. The molecule has 1 aliphatic rings. The second kappa shape index (κ2) is 4.74. The summed E-state index contributed by atoms with van der Waals surface area (Å²) in [6, 6.07) is 6.09. The van der Waals surface area contributed by atoms with Gasteiger partial charge in [-0.3, -0.25) is 0 Å². The maximum Gasteiger partial charge on any atom is 0.164 e. The van der Waals surface area contributed by atoms with Crippen molar-refractivity contribution in [3.05, 3.63) is 23.8 Å². The highest BCUT2D eigenvalue weighted by Gasteiger charge is 2.39. The molecule has 0 aliphatic heterocycles. The molecule has 16 heavy (non-hydrogen) atoms. The third-order valence-electron chi connectivity index (χ3n) is 3.14. The van der Waals surface area contributed by atoms with Gasteiger partial charge < -0.3 is 15.2 Å². The minimum atomic E-state index is 0.556. The predicted molar refractivity (Wildman–Crippen MR) is 64.1 cm³/mol. The van der Waals surface area contributed by atoms with Crippen molar-refractivity contribution in [3.8, 4) is 11.5 Å². The van der Waals surface area contributed by atoms with Crippen LogP contribution >= 0.6 is 0 Å². The zero-order chi connectivity index (χ0) is 11.5. The summed E-state index contributed by atoms with van der Waals surface area (Å²) in [6.45, 7) is 3.39. The lowest BCUT2D eigenvalue weighted by atomic mass is 10.1. The summed E-state index contributed by atoms with van der Waals surface area (Å²) in [5.74, 6) is 2.89. The van der Waals surface area contributed by atoms with Crippen LogP contribution < -0.4 is 15.2 Å². The van der Waals surface area contributed by atoms with E-state index >= 15 is 0 Å². The van der Waals surface area contributed by atoms with Gasteiger partial charge in [0.1, 0.15) is 0 Å². The maximum atomic E-state index is 5.68. The van der Waals surface area contributed by atoms with Crippen molar-refractivity contribution in [3.63, 3.8) is 0 Å². The molecule has 0 aromatic heterocycles. The molecule has 2 rings (SSSR count). The van der Waals surface area contributed by atoms with Gasteiger partial charge in [0.2, 0.25) is 0 Å². The van der Waals surface area contributed by atoms with Gasteiger partial charge in [-0.2, -0.15) is 0 Å². The van der Waals surface area contributed by atoms with E-state index in [1.807, 2.05) is 19.1 Å². The Balaban J connectivity index is 2.27. The molecule has 3 heteroatoms. The van der Waals surface area contributed by atoms with E-state index in [1.54, 1.807) is 7.11 Å². The van der Waals surface area contributed by atoms with Gasteiger partial charge in [0, 0.05) is 5.56 Å².